The number of rotatable bonds is 5. The number of primary amides is 1. The van der Waals surface area contributed by atoms with Gasteiger partial charge >= 0.3 is 6.03 Å². The van der Waals surface area contributed by atoms with Gasteiger partial charge in [0.05, 0.1) is 6.04 Å². The summed E-state index contributed by atoms with van der Waals surface area (Å²) in [7, 11) is 0. The second-order valence-corrected chi connectivity index (χ2v) is 5.23. The maximum Gasteiger partial charge on any atom is 0.316 e. The van der Waals surface area contributed by atoms with Gasteiger partial charge in [-0.3, -0.25) is 4.79 Å². The van der Waals surface area contributed by atoms with Crippen molar-refractivity contribution < 1.29 is 14.0 Å². The predicted octanol–water partition coefficient (Wildman–Crippen LogP) is 3.21. The van der Waals surface area contributed by atoms with E-state index in [2.05, 4.69) is 10.6 Å². The number of amides is 3. The molecule has 0 aromatic heterocycles. The summed E-state index contributed by atoms with van der Waals surface area (Å²) >= 11 is 0. The fourth-order valence-electron chi connectivity index (χ4n) is 2.09. The molecule has 0 radical (unpaired) electrons. The monoisotopic (exact) mass is 327 g/mol. The first-order valence-corrected chi connectivity index (χ1v) is 7.34. The summed E-state index contributed by atoms with van der Waals surface area (Å²) in [6, 6.07) is 12.0. The Kier molecular flexibility index (Phi) is 5.68. The summed E-state index contributed by atoms with van der Waals surface area (Å²) in [6.45, 7) is 1.85. The van der Waals surface area contributed by atoms with Crippen molar-refractivity contribution in [3.05, 3.63) is 71.6 Å². The topological polar surface area (TPSA) is 84.2 Å². The number of hydrogen-bond donors (Lipinski definition) is 3. The van der Waals surface area contributed by atoms with Gasteiger partial charge < -0.3 is 16.4 Å². The first-order valence-electron chi connectivity index (χ1n) is 7.34. The number of carbonyl (C=O) groups excluding carboxylic acids is 2. The van der Waals surface area contributed by atoms with Crippen molar-refractivity contribution in [1.29, 1.82) is 0 Å². The van der Waals surface area contributed by atoms with Gasteiger partial charge in [-0.1, -0.05) is 24.3 Å². The number of hydrogen-bond acceptors (Lipinski definition) is 2. The number of nitrogens with one attached hydrogen (secondary N) is 2. The Bertz CT molecular complexity index is 740. The van der Waals surface area contributed by atoms with Crippen LogP contribution < -0.4 is 16.4 Å². The van der Waals surface area contributed by atoms with E-state index in [1.54, 1.807) is 42.5 Å². The van der Waals surface area contributed by atoms with Crippen LogP contribution in [0.3, 0.4) is 0 Å². The molecule has 0 aliphatic carbocycles. The van der Waals surface area contributed by atoms with Gasteiger partial charge in [-0.25, -0.2) is 9.18 Å². The third kappa shape index (κ3) is 5.24. The van der Waals surface area contributed by atoms with Crippen molar-refractivity contribution in [2.75, 3.05) is 5.32 Å². The Labute approximate surface area is 139 Å². The smallest absolute Gasteiger partial charge is 0.316 e. The molecule has 1 atom stereocenters. The average molecular weight is 327 g/mol. The van der Waals surface area contributed by atoms with Crippen molar-refractivity contribution in [3.63, 3.8) is 0 Å². The van der Waals surface area contributed by atoms with Crippen LogP contribution in [0.1, 0.15) is 24.1 Å². The van der Waals surface area contributed by atoms with Gasteiger partial charge in [0, 0.05) is 11.8 Å². The molecule has 0 saturated heterocycles. The minimum absolute atomic E-state index is 0.210. The zero-order valence-electron chi connectivity index (χ0n) is 13.1. The van der Waals surface area contributed by atoms with Gasteiger partial charge in [0.15, 0.2) is 0 Å². The van der Waals surface area contributed by atoms with E-state index in [1.807, 2.05) is 6.92 Å². The van der Waals surface area contributed by atoms with Crippen LogP contribution in [0.15, 0.2) is 54.6 Å². The molecule has 4 N–H and O–H groups in total. The molecular formula is C18H18FN3O2. The Morgan fingerprint density at radius 1 is 1.08 bits per heavy atom. The summed E-state index contributed by atoms with van der Waals surface area (Å²) < 4.78 is 12.8. The lowest BCUT2D eigenvalue weighted by Crippen LogP contribution is -2.24. The van der Waals surface area contributed by atoms with Crippen molar-refractivity contribution in [2.24, 2.45) is 5.73 Å². The second kappa shape index (κ2) is 7.92. The van der Waals surface area contributed by atoms with E-state index in [4.69, 9.17) is 5.73 Å². The molecule has 0 spiro atoms. The highest BCUT2D eigenvalue weighted by Crippen LogP contribution is 2.16. The minimum Gasteiger partial charge on any atom is -0.351 e. The zero-order valence-corrected chi connectivity index (χ0v) is 13.1. The van der Waals surface area contributed by atoms with E-state index in [1.165, 1.54) is 18.2 Å². The zero-order chi connectivity index (χ0) is 17.5. The summed E-state index contributed by atoms with van der Waals surface area (Å²) in [6.07, 6.45) is 3.01. The quantitative estimate of drug-likeness (QED) is 0.737. The number of benzene rings is 2. The molecule has 124 valence electrons. The molecule has 0 saturated carbocycles. The van der Waals surface area contributed by atoms with Crippen molar-refractivity contribution in [3.8, 4) is 0 Å². The van der Waals surface area contributed by atoms with Crippen LogP contribution in [0.4, 0.5) is 14.9 Å². The predicted molar refractivity (Wildman–Crippen MR) is 91.6 cm³/mol. The highest BCUT2D eigenvalue weighted by atomic mass is 19.1. The first kappa shape index (κ1) is 17.2. The van der Waals surface area contributed by atoms with E-state index in [9.17, 15) is 14.0 Å². The normalized spacial score (nSPS) is 11.9. The molecule has 0 heterocycles. The first-order chi connectivity index (χ1) is 11.4. The Balaban J connectivity index is 1.93. The van der Waals surface area contributed by atoms with E-state index >= 15 is 0 Å². The van der Waals surface area contributed by atoms with Crippen molar-refractivity contribution in [1.82, 2.24) is 5.32 Å². The van der Waals surface area contributed by atoms with Crippen LogP contribution in [0.2, 0.25) is 0 Å². The number of anilines is 1. The Morgan fingerprint density at radius 2 is 1.71 bits per heavy atom. The average Bonchev–Trinajstić information content (AvgIpc) is 2.54. The third-order valence-electron chi connectivity index (χ3n) is 3.33. The van der Waals surface area contributed by atoms with Crippen LogP contribution in [-0.4, -0.2) is 11.9 Å². The van der Waals surface area contributed by atoms with Gasteiger partial charge in [0.1, 0.15) is 5.82 Å². The SMILES string of the molecule is CC(NC(=O)C=Cc1ccc(F)cc1)c1ccc(NC(N)=O)cc1. The fourth-order valence-corrected chi connectivity index (χ4v) is 2.09. The van der Waals surface area contributed by atoms with Crippen molar-refractivity contribution >= 4 is 23.7 Å². The standard InChI is InChI=1S/C18H18FN3O2/c1-12(14-5-9-16(10-6-14)22-18(20)24)21-17(23)11-4-13-2-7-15(19)8-3-13/h2-12H,1H3,(H,21,23)(H3,20,22,24). The molecule has 3 amide bonds. The van der Waals surface area contributed by atoms with Gasteiger partial charge in [-0.2, -0.15) is 0 Å². The van der Waals surface area contributed by atoms with E-state index < -0.39 is 6.03 Å². The van der Waals surface area contributed by atoms with Crippen molar-refractivity contribution in [2.45, 2.75) is 13.0 Å². The second-order valence-electron chi connectivity index (χ2n) is 5.23. The summed E-state index contributed by atoms with van der Waals surface area (Å²) in [5.41, 5.74) is 7.25. The number of nitrogens with two attached hydrogens (primary N) is 1. The molecule has 2 aromatic rings. The lowest BCUT2D eigenvalue weighted by molar-refractivity contribution is -0.117. The number of halogens is 1. The molecule has 0 bridgehead atoms. The lowest BCUT2D eigenvalue weighted by atomic mass is 10.1. The van der Waals surface area contributed by atoms with Gasteiger partial charge in [0.2, 0.25) is 5.91 Å². The number of carbonyl (C=O) groups is 2. The van der Waals surface area contributed by atoms with Crippen LogP contribution in [0.5, 0.6) is 0 Å². The summed E-state index contributed by atoms with van der Waals surface area (Å²) in [4.78, 5) is 22.7. The molecule has 2 aromatic carbocycles. The van der Waals surface area contributed by atoms with E-state index in [-0.39, 0.29) is 17.8 Å². The largest absolute Gasteiger partial charge is 0.351 e. The molecule has 6 heteroatoms. The molecular weight excluding hydrogens is 309 g/mol. The van der Waals surface area contributed by atoms with Crippen LogP contribution in [0, 0.1) is 5.82 Å². The van der Waals surface area contributed by atoms with E-state index in [0.29, 0.717) is 5.69 Å². The fraction of sp³-hybridized carbons (Fsp3) is 0.111. The maximum absolute atomic E-state index is 12.8. The Morgan fingerprint density at radius 3 is 2.29 bits per heavy atom. The molecule has 24 heavy (non-hydrogen) atoms. The highest BCUT2D eigenvalue weighted by Gasteiger charge is 2.07. The van der Waals surface area contributed by atoms with Gasteiger partial charge in [-0.15, -0.1) is 0 Å². The molecule has 1 unspecified atom stereocenters. The third-order valence-corrected chi connectivity index (χ3v) is 3.33. The van der Waals surface area contributed by atoms with Crippen LogP contribution >= 0.6 is 0 Å². The molecule has 0 aliphatic rings. The van der Waals surface area contributed by atoms with Crippen LogP contribution in [0.25, 0.3) is 6.08 Å². The minimum atomic E-state index is -0.630. The lowest BCUT2D eigenvalue weighted by Gasteiger charge is -2.13. The Hall–Kier alpha value is -3.15. The molecule has 2 rings (SSSR count). The summed E-state index contributed by atoms with van der Waals surface area (Å²) in [5.74, 6) is -0.578. The highest BCUT2D eigenvalue weighted by molar-refractivity contribution is 5.92. The maximum atomic E-state index is 12.8. The van der Waals surface area contributed by atoms with Gasteiger partial charge in [0.25, 0.3) is 0 Å². The summed E-state index contributed by atoms with van der Waals surface area (Å²) in [5, 5.41) is 5.29. The van der Waals surface area contributed by atoms with Crippen LogP contribution in [-0.2, 0) is 4.79 Å². The van der Waals surface area contributed by atoms with Gasteiger partial charge in [-0.05, 0) is 48.4 Å². The molecule has 0 aliphatic heterocycles. The van der Waals surface area contributed by atoms with E-state index in [0.717, 1.165) is 11.1 Å². The molecule has 0 fully saturated rings. The number of urea groups is 1. The molecule has 5 nitrogen and oxygen atoms in total.